The molecular formula is C13H17NS. The van der Waals surface area contributed by atoms with E-state index < -0.39 is 0 Å². The molecule has 2 rings (SSSR count). The van der Waals surface area contributed by atoms with Crippen molar-refractivity contribution in [3.05, 3.63) is 22.6 Å². The molecule has 0 fully saturated rings. The predicted octanol–water partition coefficient (Wildman–Crippen LogP) is 4.38. The van der Waals surface area contributed by atoms with Crippen molar-refractivity contribution in [2.75, 3.05) is 0 Å². The number of hydrogen-bond donors (Lipinski definition) is 0. The summed E-state index contributed by atoms with van der Waals surface area (Å²) in [6.45, 7) is 8.14. The Morgan fingerprint density at radius 1 is 1.40 bits per heavy atom. The minimum Gasteiger partial charge on any atom is -0.250 e. The summed E-state index contributed by atoms with van der Waals surface area (Å²) in [5.41, 5.74) is 4.02. The fourth-order valence-corrected chi connectivity index (χ4v) is 3.56. The van der Waals surface area contributed by atoms with Crippen LogP contribution in [0.15, 0.2) is 11.6 Å². The van der Waals surface area contributed by atoms with E-state index in [1.54, 1.807) is 4.88 Å². The van der Waals surface area contributed by atoms with Crippen LogP contribution in [0, 0.1) is 0 Å². The number of allylic oxidation sites excluding steroid dienone is 1. The number of nitrogens with zero attached hydrogens (tertiary/aromatic N) is 1. The second kappa shape index (κ2) is 4.31. The Kier molecular flexibility index (Phi) is 3.06. The molecule has 1 aliphatic rings. The highest BCUT2D eigenvalue weighted by molar-refractivity contribution is 7.16. The molecular weight excluding hydrogens is 202 g/mol. The van der Waals surface area contributed by atoms with Crippen LogP contribution < -0.4 is 0 Å². The molecule has 0 aromatic carbocycles. The van der Waals surface area contributed by atoms with Gasteiger partial charge in [-0.05, 0) is 50.7 Å². The van der Waals surface area contributed by atoms with E-state index in [0.717, 1.165) is 10.6 Å². The second-order valence-electron chi connectivity index (χ2n) is 4.06. The summed E-state index contributed by atoms with van der Waals surface area (Å²) < 4.78 is 0. The van der Waals surface area contributed by atoms with E-state index >= 15 is 0 Å². The number of aryl methyl sites for hydroxylation is 1. The third-order valence-corrected chi connectivity index (χ3v) is 4.03. The summed E-state index contributed by atoms with van der Waals surface area (Å²) in [4.78, 5) is 6.01. The molecule has 0 atom stereocenters. The molecule has 1 aromatic rings. The Hall–Kier alpha value is -0.890. The minimum atomic E-state index is 1.16. The van der Waals surface area contributed by atoms with E-state index in [1.165, 1.54) is 36.8 Å². The summed E-state index contributed by atoms with van der Waals surface area (Å²) in [6, 6.07) is 0. The number of hydrogen-bond acceptors (Lipinski definition) is 2. The van der Waals surface area contributed by atoms with Gasteiger partial charge in [0.25, 0.3) is 0 Å². The van der Waals surface area contributed by atoms with Gasteiger partial charge in [0.2, 0.25) is 0 Å². The Bertz CT molecular complexity index is 412. The Balaban J connectivity index is 2.55. The normalized spacial score (nSPS) is 15.6. The van der Waals surface area contributed by atoms with Gasteiger partial charge in [-0.25, -0.2) is 0 Å². The zero-order valence-corrected chi connectivity index (χ0v) is 10.3. The van der Waals surface area contributed by atoms with Crippen molar-refractivity contribution in [3.8, 4) is 0 Å². The molecule has 1 aromatic heterocycles. The molecule has 0 bridgehead atoms. The van der Waals surface area contributed by atoms with Gasteiger partial charge >= 0.3 is 0 Å². The van der Waals surface area contributed by atoms with Crippen molar-refractivity contribution in [1.82, 2.24) is 0 Å². The van der Waals surface area contributed by atoms with Crippen LogP contribution in [-0.4, -0.2) is 6.21 Å². The quantitative estimate of drug-likeness (QED) is 0.654. The summed E-state index contributed by atoms with van der Waals surface area (Å²) in [6.07, 6.45) is 6.98. The number of rotatable bonds is 2. The molecule has 2 heteroatoms. The fourth-order valence-electron chi connectivity index (χ4n) is 2.20. The zero-order chi connectivity index (χ0) is 10.8. The number of thiophene rings is 1. The van der Waals surface area contributed by atoms with E-state index in [0.29, 0.717) is 0 Å². The van der Waals surface area contributed by atoms with Crippen LogP contribution in [0.1, 0.15) is 42.7 Å². The van der Waals surface area contributed by atoms with Crippen LogP contribution in [0.5, 0.6) is 0 Å². The molecule has 0 N–H and O–H groups in total. The van der Waals surface area contributed by atoms with Gasteiger partial charge in [-0.15, -0.1) is 11.3 Å². The summed E-state index contributed by atoms with van der Waals surface area (Å²) >= 11 is 1.86. The van der Waals surface area contributed by atoms with Crippen molar-refractivity contribution < 1.29 is 0 Å². The third kappa shape index (κ3) is 1.91. The van der Waals surface area contributed by atoms with Crippen molar-refractivity contribution in [2.24, 2.45) is 4.99 Å². The lowest BCUT2D eigenvalue weighted by Gasteiger charge is -2.12. The number of aliphatic imine (C=N–C) groups is 1. The lowest BCUT2D eigenvalue weighted by molar-refractivity contribution is 0.696. The Morgan fingerprint density at radius 3 is 2.80 bits per heavy atom. The first-order valence-electron chi connectivity index (χ1n) is 5.53. The molecule has 0 unspecified atom stereocenters. The first kappa shape index (κ1) is 10.6. The molecule has 0 aliphatic heterocycles. The molecule has 15 heavy (non-hydrogen) atoms. The molecule has 1 heterocycles. The molecule has 80 valence electrons. The molecule has 1 aliphatic carbocycles. The SMILES string of the molecule is C=C(C)c1c(/N=C\C)sc2c1CCCC2. The highest BCUT2D eigenvalue weighted by atomic mass is 32.1. The lowest BCUT2D eigenvalue weighted by atomic mass is 9.93. The Morgan fingerprint density at radius 2 is 2.13 bits per heavy atom. The van der Waals surface area contributed by atoms with E-state index in [1.807, 2.05) is 24.5 Å². The van der Waals surface area contributed by atoms with Gasteiger partial charge in [-0.3, -0.25) is 4.99 Å². The standard InChI is InChI=1S/C13H17NS/c1-4-14-13-12(9(2)3)10-7-5-6-8-11(10)15-13/h4H,2,5-8H2,1,3H3/b14-4-. The highest BCUT2D eigenvalue weighted by Gasteiger charge is 2.20. The maximum Gasteiger partial charge on any atom is 0.123 e. The number of fused-ring (bicyclic) bond motifs is 1. The van der Waals surface area contributed by atoms with Gasteiger partial charge in [0.1, 0.15) is 5.00 Å². The Labute approximate surface area is 95.6 Å². The van der Waals surface area contributed by atoms with Gasteiger partial charge < -0.3 is 0 Å². The first-order valence-corrected chi connectivity index (χ1v) is 6.34. The lowest BCUT2D eigenvalue weighted by Crippen LogP contribution is -2.00. The van der Waals surface area contributed by atoms with Crippen LogP contribution in [0.3, 0.4) is 0 Å². The van der Waals surface area contributed by atoms with Crippen molar-refractivity contribution in [3.63, 3.8) is 0 Å². The third-order valence-electron chi connectivity index (χ3n) is 2.83. The molecule has 0 radical (unpaired) electrons. The van der Waals surface area contributed by atoms with E-state index in [4.69, 9.17) is 0 Å². The topological polar surface area (TPSA) is 12.4 Å². The molecule has 0 saturated carbocycles. The second-order valence-corrected chi connectivity index (χ2v) is 5.14. The van der Waals surface area contributed by atoms with Crippen LogP contribution in [-0.2, 0) is 12.8 Å². The van der Waals surface area contributed by atoms with Crippen LogP contribution in [0.25, 0.3) is 5.57 Å². The fraction of sp³-hybridized carbons (Fsp3) is 0.462. The van der Waals surface area contributed by atoms with Gasteiger partial charge in [-0.2, -0.15) is 0 Å². The summed E-state index contributed by atoms with van der Waals surface area (Å²) in [5.74, 6) is 0. The predicted molar refractivity (Wildman–Crippen MR) is 69.5 cm³/mol. The van der Waals surface area contributed by atoms with E-state index in [9.17, 15) is 0 Å². The van der Waals surface area contributed by atoms with Crippen molar-refractivity contribution >= 4 is 28.1 Å². The van der Waals surface area contributed by atoms with Crippen LogP contribution in [0.2, 0.25) is 0 Å². The van der Waals surface area contributed by atoms with Gasteiger partial charge in [0.15, 0.2) is 0 Å². The maximum atomic E-state index is 4.47. The molecule has 0 spiro atoms. The first-order chi connectivity index (χ1) is 7.24. The molecule has 0 amide bonds. The van der Waals surface area contributed by atoms with Crippen LogP contribution in [0.4, 0.5) is 5.00 Å². The monoisotopic (exact) mass is 219 g/mol. The minimum absolute atomic E-state index is 1.16. The molecule has 1 nitrogen and oxygen atoms in total. The largest absolute Gasteiger partial charge is 0.250 e. The van der Waals surface area contributed by atoms with E-state index in [-0.39, 0.29) is 0 Å². The van der Waals surface area contributed by atoms with Crippen molar-refractivity contribution in [1.29, 1.82) is 0 Å². The summed E-state index contributed by atoms with van der Waals surface area (Å²) in [7, 11) is 0. The van der Waals surface area contributed by atoms with Crippen LogP contribution >= 0.6 is 11.3 Å². The maximum absolute atomic E-state index is 4.47. The average molecular weight is 219 g/mol. The average Bonchev–Trinajstić information content (AvgIpc) is 2.56. The van der Waals surface area contributed by atoms with E-state index in [2.05, 4.69) is 18.5 Å². The zero-order valence-electron chi connectivity index (χ0n) is 9.47. The van der Waals surface area contributed by atoms with Gasteiger partial charge in [0, 0.05) is 16.7 Å². The molecule has 0 saturated heterocycles. The summed E-state index contributed by atoms with van der Waals surface area (Å²) in [5, 5.41) is 1.16. The van der Waals surface area contributed by atoms with Gasteiger partial charge in [0.05, 0.1) is 0 Å². The highest BCUT2D eigenvalue weighted by Crippen LogP contribution is 2.42. The smallest absolute Gasteiger partial charge is 0.123 e. The van der Waals surface area contributed by atoms with Gasteiger partial charge in [-0.1, -0.05) is 6.58 Å². The van der Waals surface area contributed by atoms with Crippen molar-refractivity contribution in [2.45, 2.75) is 39.5 Å².